The van der Waals surface area contributed by atoms with Crippen molar-refractivity contribution in [1.82, 2.24) is 10.2 Å². The summed E-state index contributed by atoms with van der Waals surface area (Å²) >= 11 is 3.51. The molecule has 4 nitrogen and oxygen atoms in total. The van der Waals surface area contributed by atoms with Crippen molar-refractivity contribution < 1.29 is 4.79 Å². The van der Waals surface area contributed by atoms with Crippen molar-refractivity contribution in [3.05, 3.63) is 64.6 Å². The van der Waals surface area contributed by atoms with Crippen LogP contribution >= 0.6 is 15.9 Å². The first kappa shape index (κ1) is 17.3. The van der Waals surface area contributed by atoms with Crippen LogP contribution < -0.4 is 10.2 Å². The van der Waals surface area contributed by atoms with Crippen LogP contribution in [-0.2, 0) is 6.54 Å². The average molecular weight is 376 g/mol. The van der Waals surface area contributed by atoms with Gasteiger partial charge in [-0.3, -0.25) is 0 Å². The Morgan fingerprint density at radius 3 is 2.39 bits per heavy atom. The molecule has 1 N–H and O–H groups in total. The number of carbonyl (C=O) groups excluding carboxylic acids is 1. The molecule has 0 saturated heterocycles. The van der Waals surface area contributed by atoms with Crippen LogP contribution in [0.15, 0.2) is 59.1 Å². The number of urea groups is 1. The maximum Gasteiger partial charge on any atom is 0.317 e. The zero-order chi connectivity index (χ0) is 16.7. The molecular weight excluding hydrogens is 354 g/mol. The predicted molar refractivity (Wildman–Crippen MR) is 98.7 cm³/mol. The van der Waals surface area contributed by atoms with Crippen LogP contribution in [0.1, 0.15) is 5.56 Å². The van der Waals surface area contributed by atoms with Gasteiger partial charge in [0.15, 0.2) is 0 Å². The molecule has 0 spiro atoms. The highest BCUT2D eigenvalue weighted by Gasteiger charge is 2.10. The summed E-state index contributed by atoms with van der Waals surface area (Å²) < 4.78 is 1.02. The highest BCUT2D eigenvalue weighted by molar-refractivity contribution is 9.10. The molecule has 0 aliphatic heterocycles. The van der Waals surface area contributed by atoms with Crippen molar-refractivity contribution in [1.29, 1.82) is 0 Å². The molecule has 0 bridgehead atoms. The Labute approximate surface area is 146 Å². The Hall–Kier alpha value is -2.01. The smallest absolute Gasteiger partial charge is 0.317 e. The molecule has 122 valence electrons. The van der Waals surface area contributed by atoms with E-state index >= 15 is 0 Å². The van der Waals surface area contributed by atoms with E-state index in [0.29, 0.717) is 13.1 Å². The summed E-state index contributed by atoms with van der Waals surface area (Å²) in [5, 5.41) is 2.95. The lowest BCUT2D eigenvalue weighted by molar-refractivity contribution is 0.207. The summed E-state index contributed by atoms with van der Waals surface area (Å²) in [7, 11) is 3.82. The summed E-state index contributed by atoms with van der Waals surface area (Å²) in [5.74, 6) is 0. The second-order valence-corrected chi connectivity index (χ2v) is 6.29. The minimum absolute atomic E-state index is 0.0674. The second-order valence-electron chi connectivity index (χ2n) is 5.44. The number of amides is 2. The number of nitrogens with one attached hydrogen (secondary N) is 1. The third kappa shape index (κ3) is 5.28. The van der Waals surface area contributed by atoms with Crippen LogP contribution in [0.3, 0.4) is 0 Å². The highest BCUT2D eigenvalue weighted by Crippen LogP contribution is 2.17. The summed E-state index contributed by atoms with van der Waals surface area (Å²) in [5.41, 5.74) is 2.23. The molecule has 0 aliphatic carbocycles. The van der Waals surface area contributed by atoms with Gasteiger partial charge in [0.1, 0.15) is 0 Å². The number of rotatable bonds is 6. The molecule has 0 fully saturated rings. The molecular formula is C18H22BrN3O. The van der Waals surface area contributed by atoms with Crippen LogP contribution in [0.4, 0.5) is 10.5 Å². The lowest BCUT2D eigenvalue weighted by atomic mass is 10.2. The first-order valence-corrected chi connectivity index (χ1v) is 8.36. The van der Waals surface area contributed by atoms with Gasteiger partial charge in [0.05, 0.1) is 0 Å². The molecule has 2 aromatic carbocycles. The molecule has 23 heavy (non-hydrogen) atoms. The number of halogens is 1. The summed E-state index contributed by atoms with van der Waals surface area (Å²) in [6.45, 7) is 1.94. The number of carbonyl (C=O) groups is 1. The van der Waals surface area contributed by atoms with Crippen molar-refractivity contribution in [2.75, 3.05) is 32.1 Å². The standard InChI is InChI=1S/C18H22BrN3O/c1-21(16-9-4-3-5-10-16)13-12-20-18(23)22(2)14-15-8-6-7-11-17(15)19/h3-11H,12-14H2,1-2H3,(H,20,23). The Balaban J connectivity index is 1.77. The van der Waals surface area contributed by atoms with Gasteiger partial charge in [0.2, 0.25) is 0 Å². The fourth-order valence-electron chi connectivity index (χ4n) is 2.23. The van der Waals surface area contributed by atoms with Crippen LogP contribution in [0.2, 0.25) is 0 Å². The average Bonchev–Trinajstić information content (AvgIpc) is 2.57. The molecule has 0 atom stereocenters. The zero-order valence-corrected chi connectivity index (χ0v) is 15.1. The Morgan fingerprint density at radius 1 is 1.04 bits per heavy atom. The lowest BCUT2D eigenvalue weighted by Crippen LogP contribution is -2.40. The van der Waals surface area contributed by atoms with Crippen molar-refractivity contribution >= 4 is 27.6 Å². The molecule has 0 unspecified atom stereocenters. The first-order valence-electron chi connectivity index (χ1n) is 7.56. The van der Waals surface area contributed by atoms with E-state index in [1.54, 1.807) is 11.9 Å². The lowest BCUT2D eigenvalue weighted by Gasteiger charge is -2.22. The molecule has 0 saturated carbocycles. The van der Waals surface area contributed by atoms with E-state index in [1.165, 1.54) is 0 Å². The molecule has 2 amide bonds. The number of benzene rings is 2. The fraction of sp³-hybridized carbons (Fsp3) is 0.278. The number of likely N-dealkylation sites (N-methyl/N-ethyl adjacent to an activating group) is 1. The zero-order valence-electron chi connectivity index (χ0n) is 13.5. The van der Waals surface area contributed by atoms with E-state index in [4.69, 9.17) is 0 Å². The third-order valence-corrected chi connectivity index (χ3v) is 4.41. The van der Waals surface area contributed by atoms with E-state index in [9.17, 15) is 4.79 Å². The first-order chi connectivity index (χ1) is 11.1. The van der Waals surface area contributed by atoms with Gasteiger partial charge in [-0.1, -0.05) is 52.3 Å². The van der Waals surface area contributed by atoms with Crippen molar-refractivity contribution in [3.63, 3.8) is 0 Å². The van der Waals surface area contributed by atoms with E-state index in [2.05, 4.69) is 38.3 Å². The molecule has 0 aromatic heterocycles. The predicted octanol–water partition coefficient (Wildman–Crippen LogP) is 3.73. The Kier molecular flexibility index (Phi) is 6.47. The van der Waals surface area contributed by atoms with Crippen molar-refractivity contribution in [2.45, 2.75) is 6.54 Å². The van der Waals surface area contributed by atoms with Gasteiger partial charge in [-0.25, -0.2) is 4.79 Å². The van der Waals surface area contributed by atoms with Crippen molar-refractivity contribution in [2.24, 2.45) is 0 Å². The number of para-hydroxylation sites is 1. The van der Waals surface area contributed by atoms with Crippen LogP contribution in [0.25, 0.3) is 0 Å². The van der Waals surface area contributed by atoms with E-state index in [-0.39, 0.29) is 6.03 Å². The van der Waals surface area contributed by atoms with Gasteiger partial charge in [0, 0.05) is 43.9 Å². The Bertz CT molecular complexity index is 633. The van der Waals surface area contributed by atoms with Gasteiger partial charge in [0.25, 0.3) is 0 Å². The maximum absolute atomic E-state index is 12.2. The number of hydrogen-bond acceptors (Lipinski definition) is 2. The molecule has 0 radical (unpaired) electrons. The largest absolute Gasteiger partial charge is 0.373 e. The minimum atomic E-state index is -0.0674. The highest BCUT2D eigenvalue weighted by atomic mass is 79.9. The summed E-state index contributed by atoms with van der Waals surface area (Å²) in [6.07, 6.45) is 0. The molecule has 0 aliphatic rings. The SMILES string of the molecule is CN(Cc1ccccc1Br)C(=O)NCCN(C)c1ccccc1. The third-order valence-electron chi connectivity index (χ3n) is 3.63. The van der Waals surface area contributed by atoms with Crippen LogP contribution in [-0.4, -0.2) is 38.1 Å². The van der Waals surface area contributed by atoms with Gasteiger partial charge in [-0.15, -0.1) is 0 Å². The van der Waals surface area contributed by atoms with Crippen molar-refractivity contribution in [3.8, 4) is 0 Å². The quantitative estimate of drug-likeness (QED) is 0.834. The molecule has 2 aromatic rings. The van der Waals surface area contributed by atoms with Crippen LogP contribution in [0.5, 0.6) is 0 Å². The summed E-state index contributed by atoms with van der Waals surface area (Å²) in [4.78, 5) is 16.0. The molecule has 2 rings (SSSR count). The topological polar surface area (TPSA) is 35.6 Å². The van der Waals surface area contributed by atoms with Gasteiger partial charge in [-0.05, 0) is 23.8 Å². The number of anilines is 1. The molecule has 0 heterocycles. The fourth-order valence-corrected chi connectivity index (χ4v) is 2.64. The molecule has 5 heteroatoms. The van der Waals surface area contributed by atoms with Gasteiger partial charge >= 0.3 is 6.03 Å². The van der Waals surface area contributed by atoms with E-state index in [0.717, 1.165) is 22.3 Å². The van der Waals surface area contributed by atoms with E-state index in [1.807, 2.05) is 49.5 Å². The second kappa shape index (κ2) is 8.58. The number of nitrogens with zero attached hydrogens (tertiary/aromatic N) is 2. The van der Waals surface area contributed by atoms with Crippen LogP contribution in [0, 0.1) is 0 Å². The van der Waals surface area contributed by atoms with E-state index < -0.39 is 0 Å². The Morgan fingerprint density at radius 2 is 1.70 bits per heavy atom. The minimum Gasteiger partial charge on any atom is -0.373 e. The summed E-state index contributed by atoms with van der Waals surface area (Å²) in [6, 6.07) is 18.0. The monoisotopic (exact) mass is 375 g/mol. The van der Waals surface area contributed by atoms with Gasteiger partial charge < -0.3 is 15.1 Å². The maximum atomic E-state index is 12.2. The number of hydrogen-bond donors (Lipinski definition) is 1. The normalized spacial score (nSPS) is 10.2. The van der Waals surface area contributed by atoms with Gasteiger partial charge in [-0.2, -0.15) is 0 Å².